The molecule has 0 aliphatic carbocycles. The Morgan fingerprint density at radius 2 is 1.80 bits per heavy atom. The van der Waals surface area contributed by atoms with Crippen molar-refractivity contribution in [3.63, 3.8) is 0 Å². The van der Waals surface area contributed by atoms with Crippen molar-refractivity contribution in [3.8, 4) is 0 Å². The van der Waals surface area contributed by atoms with Crippen LogP contribution in [0.15, 0.2) is 0 Å². The third kappa shape index (κ3) is 3.85. The van der Waals surface area contributed by atoms with Gasteiger partial charge in [-0.1, -0.05) is 6.92 Å². The topological polar surface area (TPSA) is 29.3 Å². The minimum Gasteiger partial charge on any atom is -0.327 e. The third-order valence-electron chi connectivity index (χ3n) is 1.66. The van der Waals surface area contributed by atoms with E-state index in [0.717, 1.165) is 13.1 Å². The summed E-state index contributed by atoms with van der Waals surface area (Å²) in [5, 5.41) is 0. The largest absolute Gasteiger partial charge is 0.327 e. The van der Waals surface area contributed by atoms with Crippen molar-refractivity contribution in [2.45, 2.75) is 39.8 Å². The van der Waals surface area contributed by atoms with Gasteiger partial charge in [0.25, 0.3) is 0 Å². The Hall–Kier alpha value is -0.0800. The van der Waals surface area contributed by atoms with Crippen LogP contribution in [0.5, 0.6) is 0 Å². The van der Waals surface area contributed by atoms with Crippen LogP contribution in [0.3, 0.4) is 0 Å². The SMILES string of the molecule is CCN(C[C@H](C)N)C(C)C. The Morgan fingerprint density at radius 1 is 1.30 bits per heavy atom. The van der Waals surface area contributed by atoms with Crippen LogP contribution >= 0.6 is 0 Å². The second kappa shape index (κ2) is 4.69. The lowest BCUT2D eigenvalue weighted by Crippen LogP contribution is -2.39. The highest BCUT2D eigenvalue weighted by Crippen LogP contribution is 1.97. The normalized spacial score (nSPS) is 14.7. The van der Waals surface area contributed by atoms with Crippen LogP contribution in [0, 0.1) is 0 Å². The van der Waals surface area contributed by atoms with Gasteiger partial charge in [-0.25, -0.2) is 0 Å². The highest BCUT2D eigenvalue weighted by Gasteiger charge is 2.07. The molecule has 0 bridgehead atoms. The Labute approximate surface area is 64.4 Å². The predicted octanol–water partition coefficient (Wildman–Crippen LogP) is 1.06. The summed E-state index contributed by atoms with van der Waals surface area (Å²) in [5.74, 6) is 0. The summed E-state index contributed by atoms with van der Waals surface area (Å²) in [6.45, 7) is 10.7. The summed E-state index contributed by atoms with van der Waals surface area (Å²) in [7, 11) is 0. The van der Waals surface area contributed by atoms with Gasteiger partial charge in [-0.15, -0.1) is 0 Å². The van der Waals surface area contributed by atoms with Crippen molar-refractivity contribution in [1.29, 1.82) is 0 Å². The van der Waals surface area contributed by atoms with Crippen LogP contribution in [0.25, 0.3) is 0 Å². The first-order valence-electron chi connectivity index (χ1n) is 4.07. The average molecular weight is 144 g/mol. The van der Waals surface area contributed by atoms with E-state index in [1.807, 2.05) is 6.92 Å². The zero-order valence-electron chi connectivity index (χ0n) is 7.59. The summed E-state index contributed by atoms with van der Waals surface area (Å²) in [5.41, 5.74) is 5.66. The predicted molar refractivity (Wildman–Crippen MR) is 46.0 cm³/mol. The van der Waals surface area contributed by atoms with E-state index in [9.17, 15) is 0 Å². The van der Waals surface area contributed by atoms with E-state index in [-0.39, 0.29) is 0 Å². The number of nitrogens with two attached hydrogens (primary N) is 1. The van der Waals surface area contributed by atoms with Gasteiger partial charge in [-0.3, -0.25) is 4.90 Å². The first-order chi connectivity index (χ1) is 4.57. The molecule has 0 rings (SSSR count). The first kappa shape index (κ1) is 9.92. The second-order valence-electron chi connectivity index (χ2n) is 3.16. The first-order valence-corrected chi connectivity index (χ1v) is 4.07. The van der Waals surface area contributed by atoms with E-state index in [2.05, 4.69) is 25.7 Å². The fraction of sp³-hybridized carbons (Fsp3) is 1.00. The van der Waals surface area contributed by atoms with E-state index in [4.69, 9.17) is 5.73 Å². The van der Waals surface area contributed by atoms with Crippen molar-refractivity contribution in [3.05, 3.63) is 0 Å². The second-order valence-corrected chi connectivity index (χ2v) is 3.16. The minimum absolute atomic E-state index is 0.294. The molecule has 2 heteroatoms. The molecule has 0 fully saturated rings. The van der Waals surface area contributed by atoms with E-state index in [1.54, 1.807) is 0 Å². The molecule has 0 aromatic heterocycles. The van der Waals surface area contributed by atoms with Crippen molar-refractivity contribution in [2.75, 3.05) is 13.1 Å². The summed E-state index contributed by atoms with van der Waals surface area (Å²) in [6.07, 6.45) is 0. The molecule has 10 heavy (non-hydrogen) atoms. The van der Waals surface area contributed by atoms with Crippen molar-refractivity contribution in [1.82, 2.24) is 4.90 Å². The molecule has 0 aromatic carbocycles. The fourth-order valence-corrected chi connectivity index (χ4v) is 1.07. The van der Waals surface area contributed by atoms with Crippen LogP contribution in [0.4, 0.5) is 0 Å². The highest BCUT2D eigenvalue weighted by molar-refractivity contribution is 4.65. The molecule has 0 heterocycles. The number of likely N-dealkylation sites (N-methyl/N-ethyl adjacent to an activating group) is 1. The van der Waals surface area contributed by atoms with E-state index in [0.29, 0.717) is 12.1 Å². The molecular formula is C8H20N2. The van der Waals surface area contributed by atoms with Gasteiger partial charge < -0.3 is 5.73 Å². The lowest BCUT2D eigenvalue weighted by molar-refractivity contribution is 0.223. The van der Waals surface area contributed by atoms with Gasteiger partial charge >= 0.3 is 0 Å². The maximum absolute atomic E-state index is 5.66. The van der Waals surface area contributed by atoms with Gasteiger partial charge in [0.05, 0.1) is 0 Å². The van der Waals surface area contributed by atoms with Crippen LogP contribution in [0.2, 0.25) is 0 Å². The van der Waals surface area contributed by atoms with E-state index in [1.165, 1.54) is 0 Å². The third-order valence-corrected chi connectivity index (χ3v) is 1.66. The van der Waals surface area contributed by atoms with Crippen LogP contribution in [0.1, 0.15) is 27.7 Å². The Bertz CT molecular complexity index is 79.3. The van der Waals surface area contributed by atoms with Crippen molar-refractivity contribution < 1.29 is 0 Å². The molecule has 0 saturated carbocycles. The number of hydrogen-bond donors (Lipinski definition) is 1. The zero-order chi connectivity index (χ0) is 8.15. The molecule has 0 radical (unpaired) electrons. The quantitative estimate of drug-likeness (QED) is 0.639. The van der Waals surface area contributed by atoms with Gasteiger partial charge in [-0.05, 0) is 27.3 Å². The molecule has 0 spiro atoms. The van der Waals surface area contributed by atoms with Crippen LogP contribution in [-0.2, 0) is 0 Å². The lowest BCUT2D eigenvalue weighted by Gasteiger charge is -2.26. The van der Waals surface area contributed by atoms with Gasteiger partial charge in [0.15, 0.2) is 0 Å². The molecule has 62 valence electrons. The monoisotopic (exact) mass is 144 g/mol. The molecule has 0 aliphatic rings. The fourth-order valence-electron chi connectivity index (χ4n) is 1.07. The maximum atomic E-state index is 5.66. The van der Waals surface area contributed by atoms with E-state index >= 15 is 0 Å². The van der Waals surface area contributed by atoms with Gasteiger partial charge in [0, 0.05) is 18.6 Å². The molecule has 1 atom stereocenters. The van der Waals surface area contributed by atoms with Crippen LogP contribution in [-0.4, -0.2) is 30.1 Å². The van der Waals surface area contributed by atoms with E-state index < -0.39 is 0 Å². The minimum atomic E-state index is 0.294. The molecule has 0 aliphatic heterocycles. The molecule has 2 nitrogen and oxygen atoms in total. The summed E-state index contributed by atoms with van der Waals surface area (Å²) in [4.78, 5) is 2.37. The Kier molecular flexibility index (Phi) is 4.65. The summed E-state index contributed by atoms with van der Waals surface area (Å²) < 4.78 is 0. The highest BCUT2D eigenvalue weighted by atomic mass is 15.1. The van der Waals surface area contributed by atoms with Gasteiger partial charge in [0.1, 0.15) is 0 Å². The molecular weight excluding hydrogens is 124 g/mol. The van der Waals surface area contributed by atoms with Gasteiger partial charge in [-0.2, -0.15) is 0 Å². The Morgan fingerprint density at radius 3 is 1.90 bits per heavy atom. The van der Waals surface area contributed by atoms with Crippen LogP contribution < -0.4 is 5.73 Å². The zero-order valence-corrected chi connectivity index (χ0v) is 7.59. The standard InChI is InChI=1S/C8H20N2/c1-5-10(7(2)3)6-8(4)9/h7-8H,5-6,9H2,1-4H3/t8-/m0/s1. The van der Waals surface area contributed by atoms with Gasteiger partial charge in [0.2, 0.25) is 0 Å². The number of hydrogen-bond acceptors (Lipinski definition) is 2. The average Bonchev–Trinajstić information content (AvgIpc) is 1.81. The van der Waals surface area contributed by atoms with Crippen molar-refractivity contribution >= 4 is 0 Å². The number of nitrogens with zero attached hydrogens (tertiary/aromatic N) is 1. The smallest absolute Gasteiger partial charge is 0.0139 e. The molecule has 0 amide bonds. The Balaban J connectivity index is 3.60. The molecule has 0 aromatic rings. The molecule has 0 unspecified atom stereocenters. The molecule has 0 saturated heterocycles. The number of rotatable bonds is 4. The maximum Gasteiger partial charge on any atom is 0.0139 e. The lowest BCUT2D eigenvalue weighted by atomic mass is 10.2. The molecule has 2 N–H and O–H groups in total. The van der Waals surface area contributed by atoms with Crippen molar-refractivity contribution in [2.24, 2.45) is 5.73 Å². The summed E-state index contributed by atoms with van der Waals surface area (Å²) in [6, 6.07) is 0.915. The summed E-state index contributed by atoms with van der Waals surface area (Å²) >= 11 is 0.